The largest absolute Gasteiger partial charge is 0.354 e. The molecule has 1 saturated heterocycles. The van der Waals surface area contributed by atoms with E-state index in [4.69, 9.17) is 6.42 Å². The monoisotopic (exact) mass is 246 g/mol. The van der Waals surface area contributed by atoms with Gasteiger partial charge in [-0.3, -0.25) is 0 Å². The number of anilines is 1. The zero-order valence-corrected chi connectivity index (χ0v) is 10.9. The fraction of sp³-hybridized carbons (Fsp3) is 0.533. The van der Waals surface area contributed by atoms with Crippen LogP contribution in [-0.2, 0) is 0 Å². The average Bonchev–Trinajstić information content (AvgIpc) is 2.38. The summed E-state index contributed by atoms with van der Waals surface area (Å²) in [6.07, 6.45) is 7.07. The Morgan fingerprint density at radius 1 is 1.50 bits per heavy atom. The van der Waals surface area contributed by atoms with E-state index in [9.17, 15) is 4.39 Å². The predicted molar refractivity (Wildman–Crippen MR) is 72.2 cm³/mol. The Morgan fingerprint density at radius 2 is 2.28 bits per heavy atom. The van der Waals surface area contributed by atoms with Crippen molar-refractivity contribution in [2.75, 3.05) is 18.0 Å². The topological polar surface area (TPSA) is 16.1 Å². The highest BCUT2D eigenvalue weighted by atomic mass is 19.1. The van der Waals surface area contributed by atoms with Crippen LogP contribution in [0.5, 0.6) is 0 Å². The predicted octanol–water partition coefficient (Wildman–Crippen LogP) is 2.88. The normalized spacial score (nSPS) is 24.1. The molecule has 2 rings (SSSR count). The third kappa shape index (κ3) is 2.64. The quantitative estimate of drug-likeness (QED) is 0.746. The SMILES string of the molecule is C#Cc1ccc(N2CC[C@@H](C(C)C)[C@@H](F)C2)nc1. The van der Waals surface area contributed by atoms with Gasteiger partial charge in [-0.15, -0.1) is 6.42 Å². The number of halogens is 1. The maximum absolute atomic E-state index is 14.1. The van der Waals surface area contributed by atoms with Gasteiger partial charge in [-0.05, 0) is 30.4 Å². The summed E-state index contributed by atoms with van der Waals surface area (Å²) in [6.45, 7) is 5.48. The average molecular weight is 246 g/mol. The lowest BCUT2D eigenvalue weighted by Gasteiger charge is -2.37. The fourth-order valence-electron chi connectivity index (χ4n) is 2.54. The molecule has 2 heterocycles. The van der Waals surface area contributed by atoms with Crippen LogP contribution in [0.1, 0.15) is 25.8 Å². The van der Waals surface area contributed by atoms with Crippen molar-refractivity contribution in [3.05, 3.63) is 23.9 Å². The first-order valence-corrected chi connectivity index (χ1v) is 6.43. The number of rotatable bonds is 2. The van der Waals surface area contributed by atoms with Gasteiger partial charge in [0, 0.05) is 18.3 Å². The fourth-order valence-corrected chi connectivity index (χ4v) is 2.54. The van der Waals surface area contributed by atoms with E-state index in [2.05, 4.69) is 24.8 Å². The van der Waals surface area contributed by atoms with Gasteiger partial charge < -0.3 is 4.90 Å². The van der Waals surface area contributed by atoms with Gasteiger partial charge in [-0.25, -0.2) is 9.37 Å². The van der Waals surface area contributed by atoms with Crippen LogP contribution in [0.25, 0.3) is 0 Å². The molecule has 0 unspecified atom stereocenters. The first-order chi connectivity index (χ1) is 8.61. The molecule has 0 N–H and O–H groups in total. The Balaban J connectivity index is 2.05. The first-order valence-electron chi connectivity index (χ1n) is 6.43. The molecule has 96 valence electrons. The molecule has 0 bridgehead atoms. The summed E-state index contributed by atoms with van der Waals surface area (Å²) in [7, 11) is 0. The summed E-state index contributed by atoms with van der Waals surface area (Å²) in [4.78, 5) is 6.30. The molecule has 3 heteroatoms. The zero-order valence-electron chi connectivity index (χ0n) is 10.9. The van der Waals surface area contributed by atoms with Crippen molar-refractivity contribution in [2.45, 2.75) is 26.4 Å². The van der Waals surface area contributed by atoms with Crippen LogP contribution >= 0.6 is 0 Å². The van der Waals surface area contributed by atoms with E-state index in [1.807, 2.05) is 17.0 Å². The van der Waals surface area contributed by atoms with Gasteiger partial charge in [0.15, 0.2) is 0 Å². The maximum Gasteiger partial charge on any atom is 0.128 e. The second-order valence-corrected chi connectivity index (χ2v) is 5.21. The minimum absolute atomic E-state index is 0.172. The number of terminal acetylenes is 1. The smallest absolute Gasteiger partial charge is 0.128 e. The number of hydrogen-bond acceptors (Lipinski definition) is 2. The van der Waals surface area contributed by atoms with E-state index in [-0.39, 0.29) is 5.92 Å². The Bertz CT molecular complexity index is 433. The standard InChI is InChI=1S/C15H19FN2/c1-4-12-5-6-15(17-9-12)18-8-7-13(11(2)3)14(16)10-18/h1,5-6,9,11,13-14H,7-8,10H2,2-3H3/t13-,14-/m0/s1. The summed E-state index contributed by atoms with van der Waals surface area (Å²) in [5.74, 6) is 3.93. The molecule has 2 atom stereocenters. The summed E-state index contributed by atoms with van der Waals surface area (Å²) in [5, 5.41) is 0. The van der Waals surface area contributed by atoms with Gasteiger partial charge in [0.1, 0.15) is 12.0 Å². The molecule has 1 aromatic heterocycles. The van der Waals surface area contributed by atoms with Crippen molar-refractivity contribution in [3.63, 3.8) is 0 Å². The van der Waals surface area contributed by atoms with Crippen molar-refractivity contribution in [2.24, 2.45) is 11.8 Å². The number of pyridine rings is 1. The molecule has 1 aliphatic heterocycles. The lowest BCUT2D eigenvalue weighted by molar-refractivity contribution is 0.153. The number of piperidine rings is 1. The van der Waals surface area contributed by atoms with E-state index in [1.54, 1.807) is 6.20 Å². The Hall–Kier alpha value is -1.56. The third-order valence-electron chi connectivity index (χ3n) is 3.69. The van der Waals surface area contributed by atoms with Gasteiger partial charge in [0.25, 0.3) is 0 Å². The summed E-state index contributed by atoms with van der Waals surface area (Å²) >= 11 is 0. The zero-order chi connectivity index (χ0) is 13.1. The number of aromatic nitrogens is 1. The third-order valence-corrected chi connectivity index (χ3v) is 3.69. The molecule has 18 heavy (non-hydrogen) atoms. The van der Waals surface area contributed by atoms with Gasteiger partial charge in [0.2, 0.25) is 0 Å². The lowest BCUT2D eigenvalue weighted by atomic mass is 9.85. The molecule has 1 aliphatic rings. The minimum Gasteiger partial charge on any atom is -0.354 e. The Labute approximate surface area is 108 Å². The second-order valence-electron chi connectivity index (χ2n) is 5.21. The minimum atomic E-state index is -0.770. The van der Waals surface area contributed by atoms with E-state index in [0.29, 0.717) is 12.5 Å². The summed E-state index contributed by atoms with van der Waals surface area (Å²) < 4.78 is 14.1. The highest BCUT2D eigenvalue weighted by molar-refractivity contribution is 5.43. The van der Waals surface area contributed by atoms with E-state index in [0.717, 1.165) is 24.3 Å². The Morgan fingerprint density at radius 3 is 2.78 bits per heavy atom. The van der Waals surface area contributed by atoms with Crippen LogP contribution in [-0.4, -0.2) is 24.2 Å². The van der Waals surface area contributed by atoms with Crippen molar-refractivity contribution in [1.29, 1.82) is 0 Å². The molecule has 0 spiro atoms. The molecular weight excluding hydrogens is 227 g/mol. The molecular formula is C15H19FN2. The molecule has 1 aromatic rings. The van der Waals surface area contributed by atoms with Crippen LogP contribution < -0.4 is 4.90 Å². The highest BCUT2D eigenvalue weighted by Crippen LogP contribution is 2.29. The molecule has 2 nitrogen and oxygen atoms in total. The van der Waals surface area contributed by atoms with Crippen molar-refractivity contribution in [3.8, 4) is 12.3 Å². The van der Waals surface area contributed by atoms with Gasteiger partial charge in [-0.2, -0.15) is 0 Å². The van der Waals surface area contributed by atoms with E-state index >= 15 is 0 Å². The van der Waals surface area contributed by atoms with Crippen molar-refractivity contribution in [1.82, 2.24) is 4.98 Å². The molecule has 0 saturated carbocycles. The van der Waals surface area contributed by atoms with Gasteiger partial charge in [-0.1, -0.05) is 19.8 Å². The lowest BCUT2D eigenvalue weighted by Crippen LogP contribution is -2.43. The maximum atomic E-state index is 14.1. The molecule has 0 radical (unpaired) electrons. The van der Waals surface area contributed by atoms with Gasteiger partial charge >= 0.3 is 0 Å². The molecule has 0 aliphatic carbocycles. The van der Waals surface area contributed by atoms with Gasteiger partial charge in [0.05, 0.1) is 6.54 Å². The summed E-state index contributed by atoms with van der Waals surface area (Å²) in [5.41, 5.74) is 0.757. The highest BCUT2D eigenvalue weighted by Gasteiger charge is 2.31. The molecule has 0 amide bonds. The molecule has 1 fully saturated rings. The van der Waals surface area contributed by atoms with Crippen molar-refractivity contribution < 1.29 is 4.39 Å². The van der Waals surface area contributed by atoms with Crippen LogP contribution in [0.4, 0.5) is 10.2 Å². The Kier molecular flexibility index (Phi) is 3.86. The number of nitrogens with zero attached hydrogens (tertiary/aromatic N) is 2. The number of alkyl halides is 1. The van der Waals surface area contributed by atoms with Crippen LogP contribution in [0.15, 0.2) is 18.3 Å². The molecule has 0 aromatic carbocycles. The second kappa shape index (κ2) is 5.39. The van der Waals surface area contributed by atoms with Crippen LogP contribution in [0.3, 0.4) is 0 Å². The van der Waals surface area contributed by atoms with Crippen LogP contribution in [0, 0.1) is 24.2 Å². The summed E-state index contributed by atoms with van der Waals surface area (Å²) in [6, 6.07) is 3.72. The van der Waals surface area contributed by atoms with Crippen LogP contribution in [0.2, 0.25) is 0 Å². The van der Waals surface area contributed by atoms with Crippen molar-refractivity contribution >= 4 is 5.82 Å². The van der Waals surface area contributed by atoms with E-state index < -0.39 is 6.17 Å². The number of hydrogen-bond donors (Lipinski definition) is 0. The van der Waals surface area contributed by atoms with E-state index in [1.165, 1.54) is 0 Å². The first kappa shape index (κ1) is 12.9.